The molecule has 1 aromatic heterocycles. The lowest BCUT2D eigenvalue weighted by molar-refractivity contribution is 0.0949. The van der Waals surface area contributed by atoms with Gasteiger partial charge in [0.15, 0.2) is 0 Å². The number of amides is 1. The highest BCUT2D eigenvalue weighted by Gasteiger charge is 2.18. The highest BCUT2D eigenvalue weighted by molar-refractivity contribution is 7.21. The summed E-state index contributed by atoms with van der Waals surface area (Å²) in [5.74, 6) is 2.42. The minimum atomic E-state index is -0.237. The fourth-order valence-corrected chi connectivity index (χ4v) is 3.12. The Balaban J connectivity index is 2.31. The third kappa shape index (κ3) is 2.78. The van der Waals surface area contributed by atoms with Crippen molar-refractivity contribution in [1.82, 2.24) is 5.32 Å². The molecule has 0 bridgehead atoms. The molecule has 1 atom stereocenters. The quantitative estimate of drug-likeness (QED) is 0.847. The van der Waals surface area contributed by atoms with E-state index in [9.17, 15) is 4.79 Å². The number of aryl methyl sites for hydroxylation is 1. The third-order valence-corrected chi connectivity index (χ3v) is 4.36. The van der Waals surface area contributed by atoms with Crippen LogP contribution in [0.2, 0.25) is 0 Å². The van der Waals surface area contributed by atoms with Gasteiger partial charge in [0.25, 0.3) is 5.91 Å². The standard InChI is InChI=1S/C16H18N2OS/c1-4-6-11(5-2)18-16(19)15-14(17)12-9-10(3)7-8-13(12)20-15/h2,7-9,11H,4,6,17H2,1,3H3,(H,18,19). The Hall–Kier alpha value is -1.99. The van der Waals surface area contributed by atoms with Crippen molar-refractivity contribution in [2.45, 2.75) is 32.7 Å². The molecule has 0 radical (unpaired) electrons. The van der Waals surface area contributed by atoms with Crippen LogP contribution in [0.15, 0.2) is 18.2 Å². The van der Waals surface area contributed by atoms with E-state index in [4.69, 9.17) is 12.2 Å². The predicted octanol–water partition coefficient (Wildman–Crippen LogP) is 3.32. The second-order valence-corrected chi connectivity index (χ2v) is 5.88. The molecule has 1 heterocycles. The van der Waals surface area contributed by atoms with Gasteiger partial charge >= 0.3 is 0 Å². The van der Waals surface area contributed by atoms with Gasteiger partial charge in [0.1, 0.15) is 4.88 Å². The first-order valence-corrected chi connectivity index (χ1v) is 7.44. The van der Waals surface area contributed by atoms with E-state index < -0.39 is 0 Å². The van der Waals surface area contributed by atoms with Crippen LogP contribution in [0.4, 0.5) is 5.69 Å². The van der Waals surface area contributed by atoms with Crippen molar-refractivity contribution in [1.29, 1.82) is 0 Å². The predicted molar refractivity (Wildman–Crippen MR) is 86.0 cm³/mol. The van der Waals surface area contributed by atoms with Gasteiger partial charge in [-0.15, -0.1) is 17.8 Å². The zero-order valence-corrected chi connectivity index (χ0v) is 12.5. The molecule has 3 nitrogen and oxygen atoms in total. The average Bonchev–Trinajstić information content (AvgIpc) is 2.75. The molecule has 0 aliphatic carbocycles. The number of hydrogen-bond acceptors (Lipinski definition) is 3. The van der Waals surface area contributed by atoms with Crippen molar-refractivity contribution in [3.05, 3.63) is 28.6 Å². The summed E-state index contributed by atoms with van der Waals surface area (Å²) in [6.07, 6.45) is 7.12. The molecule has 4 heteroatoms. The summed E-state index contributed by atoms with van der Waals surface area (Å²) in [4.78, 5) is 12.8. The van der Waals surface area contributed by atoms with Gasteiger partial charge in [-0.3, -0.25) is 4.79 Å². The number of fused-ring (bicyclic) bond motifs is 1. The van der Waals surface area contributed by atoms with E-state index in [0.29, 0.717) is 10.6 Å². The Bertz CT molecular complexity index is 682. The molecule has 0 saturated carbocycles. The Labute approximate surface area is 123 Å². The largest absolute Gasteiger partial charge is 0.397 e. The lowest BCUT2D eigenvalue weighted by atomic mass is 10.1. The fraction of sp³-hybridized carbons (Fsp3) is 0.312. The Morgan fingerprint density at radius 3 is 2.95 bits per heavy atom. The molecule has 104 valence electrons. The number of terminal acetylenes is 1. The van der Waals surface area contributed by atoms with Gasteiger partial charge in [0, 0.05) is 10.1 Å². The second-order valence-electron chi connectivity index (χ2n) is 4.83. The third-order valence-electron chi connectivity index (χ3n) is 3.17. The zero-order chi connectivity index (χ0) is 14.7. The maximum atomic E-state index is 12.3. The molecule has 20 heavy (non-hydrogen) atoms. The van der Waals surface area contributed by atoms with E-state index >= 15 is 0 Å². The van der Waals surface area contributed by atoms with E-state index in [1.54, 1.807) is 0 Å². The summed E-state index contributed by atoms with van der Waals surface area (Å²) in [6, 6.07) is 5.77. The SMILES string of the molecule is C#CC(CCC)NC(=O)c1sc2ccc(C)cc2c1N. The van der Waals surface area contributed by atoms with Gasteiger partial charge in [-0.25, -0.2) is 0 Å². The fourth-order valence-electron chi connectivity index (χ4n) is 2.11. The van der Waals surface area contributed by atoms with Gasteiger partial charge in [0.2, 0.25) is 0 Å². The number of benzene rings is 1. The van der Waals surface area contributed by atoms with Gasteiger partial charge in [-0.2, -0.15) is 0 Å². The maximum absolute atomic E-state index is 12.3. The minimum Gasteiger partial charge on any atom is -0.397 e. The van der Waals surface area contributed by atoms with Crippen molar-refractivity contribution >= 4 is 33.0 Å². The molecule has 1 amide bonds. The normalized spacial score (nSPS) is 12.1. The molecule has 0 aliphatic rings. The average molecular weight is 286 g/mol. The van der Waals surface area contributed by atoms with E-state index in [1.807, 2.05) is 32.0 Å². The first-order valence-electron chi connectivity index (χ1n) is 6.62. The van der Waals surface area contributed by atoms with Crippen LogP contribution in [0.3, 0.4) is 0 Å². The smallest absolute Gasteiger partial charge is 0.264 e. The number of carbonyl (C=O) groups excluding carboxylic acids is 1. The molecule has 0 saturated heterocycles. The number of nitrogen functional groups attached to an aromatic ring is 1. The van der Waals surface area contributed by atoms with Crippen LogP contribution in [-0.2, 0) is 0 Å². The molecular formula is C16H18N2OS. The lowest BCUT2D eigenvalue weighted by Gasteiger charge is -2.11. The summed E-state index contributed by atoms with van der Waals surface area (Å²) >= 11 is 1.41. The van der Waals surface area contributed by atoms with Crippen molar-refractivity contribution in [2.24, 2.45) is 0 Å². The van der Waals surface area contributed by atoms with Crippen LogP contribution in [0, 0.1) is 19.3 Å². The minimum absolute atomic E-state index is 0.183. The Morgan fingerprint density at radius 1 is 1.55 bits per heavy atom. The van der Waals surface area contributed by atoms with E-state index in [0.717, 1.165) is 28.5 Å². The number of thiophene rings is 1. The number of nitrogens with two attached hydrogens (primary N) is 1. The summed E-state index contributed by atoms with van der Waals surface area (Å²) in [7, 11) is 0. The zero-order valence-electron chi connectivity index (χ0n) is 11.7. The summed E-state index contributed by atoms with van der Waals surface area (Å²) in [5.41, 5.74) is 7.76. The van der Waals surface area contributed by atoms with Crippen molar-refractivity contribution in [3.8, 4) is 12.3 Å². The molecule has 2 rings (SSSR count). The molecule has 2 aromatic rings. The number of hydrogen-bond donors (Lipinski definition) is 2. The van der Waals surface area contributed by atoms with Gasteiger partial charge in [0.05, 0.1) is 11.7 Å². The Morgan fingerprint density at radius 2 is 2.30 bits per heavy atom. The van der Waals surface area contributed by atoms with Crippen molar-refractivity contribution < 1.29 is 4.79 Å². The molecule has 0 spiro atoms. The molecule has 3 N–H and O–H groups in total. The lowest BCUT2D eigenvalue weighted by Crippen LogP contribution is -2.33. The second kappa shape index (κ2) is 5.98. The van der Waals surface area contributed by atoms with Crippen LogP contribution >= 0.6 is 11.3 Å². The van der Waals surface area contributed by atoms with Crippen molar-refractivity contribution in [3.63, 3.8) is 0 Å². The van der Waals surface area contributed by atoms with Crippen LogP contribution in [-0.4, -0.2) is 11.9 Å². The highest BCUT2D eigenvalue weighted by atomic mass is 32.1. The molecule has 0 aliphatic heterocycles. The number of nitrogens with one attached hydrogen (secondary N) is 1. The maximum Gasteiger partial charge on any atom is 0.264 e. The van der Waals surface area contributed by atoms with E-state index in [-0.39, 0.29) is 11.9 Å². The summed E-state index contributed by atoms with van der Waals surface area (Å²) in [6.45, 7) is 4.04. The highest BCUT2D eigenvalue weighted by Crippen LogP contribution is 2.34. The van der Waals surface area contributed by atoms with Gasteiger partial charge in [-0.05, 0) is 25.5 Å². The van der Waals surface area contributed by atoms with E-state index in [2.05, 4.69) is 11.2 Å². The molecule has 1 unspecified atom stereocenters. The van der Waals surface area contributed by atoms with Crippen LogP contribution in [0.1, 0.15) is 35.0 Å². The van der Waals surface area contributed by atoms with E-state index in [1.165, 1.54) is 11.3 Å². The Kier molecular flexibility index (Phi) is 4.31. The van der Waals surface area contributed by atoms with Crippen LogP contribution in [0.5, 0.6) is 0 Å². The first kappa shape index (κ1) is 14.4. The molecular weight excluding hydrogens is 268 g/mol. The van der Waals surface area contributed by atoms with Gasteiger partial charge in [-0.1, -0.05) is 30.9 Å². The van der Waals surface area contributed by atoms with Gasteiger partial charge < -0.3 is 11.1 Å². The molecule has 0 fully saturated rings. The number of carbonyl (C=O) groups is 1. The monoisotopic (exact) mass is 286 g/mol. The first-order chi connectivity index (χ1) is 9.56. The number of rotatable bonds is 4. The summed E-state index contributed by atoms with van der Waals surface area (Å²) in [5, 5.41) is 3.79. The summed E-state index contributed by atoms with van der Waals surface area (Å²) < 4.78 is 1.02. The van der Waals surface area contributed by atoms with Crippen LogP contribution in [0.25, 0.3) is 10.1 Å². The number of anilines is 1. The van der Waals surface area contributed by atoms with Crippen LogP contribution < -0.4 is 11.1 Å². The molecule has 1 aromatic carbocycles. The van der Waals surface area contributed by atoms with Crippen molar-refractivity contribution in [2.75, 3.05) is 5.73 Å². The topological polar surface area (TPSA) is 55.1 Å².